The summed E-state index contributed by atoms with van der Waals surface area (Å²) in [4.78, 5) is 0. The Labute approximate surface area is 134 Å². The third kappa shape index (κ3) is 3.59. The fourth-order valence-electron chi connectivity index (χ4n) is 2.57. The average molecular weight is 328 g/mol. The van der Waals surface area contributed by atoms with E-state index < -0.39 is 37.3 Å². The number of aliphatic hydroxyl groups excluding tert-OH is 4. The molecule has 1 aliphatic rings. The Morgan fingerprint density at radius 1 is 1.13 bits per heavy atom. The zero-order valence-electron chi connectivity index (χ0n) is 13.4. The van der Waals surface area contributed by atoms with Gasteiger partial charge >= 0.3 is 0 Å². The van der Waals surface area contributed by atoms with Crippen molar-refractivity contribution in [1.29, 1.82) is 0 Å². The van der Waals surface area contributed by atoms with Crippen LogP contribution < -0.4 is 4.74 Å². The Balaban J connectivity index is 2.25. The van der Waals surface area contributed by atoms with E-state index >= 15 is 0 Å². The van der Waals surface area contributed by atoms with E-state index in [4.69, 9.17) is 9.47 Å². The van der Waals surface area contributed by atoms with E-state index in [-0.39, 0.29) is 11.7 Å². The first-order chi connectivity index (χ1) is 10.8. The van der Waals surface area contributed by atoms with Gasteiger partial charge in [0.2, 0.25) is 6.29 Å². The second-order valence-electron chi connectivity index (χ2n) is 6.15. The van der Waals surface area contributed by atoms with E-state index in [0.29, 0.717) is 16.9 Å². The molecule has 1 aromatic carbocycles. The Hall–Kier alpha value is -1.38. The van der Waals surface area contributed by atoms with Crippen molar-refractivity contribution in [3.8, 4) is 11.5 Å². The van der Waals surface area contributed by atoms with Crippen LogP contribution in [0.25, 0.3) is 0 Å². The lowest BCUT2D eigenvalue weighted by atomic mass is 9.98. The minimum Gasteiger partial charge on any atom is -0.508 e. The summed E-state index contributed by atoms with van der Waals surface area (Å²) in [6.07, 6.45) is -6.66. The average Bonchev–Trinajstić information content (AvgIpc) is 2.49. The maximum atomic E-state index is 10.0. The highest BCUT2D eigenvalue weighted by Crippen LogP contribution is 2.34. The molecule has 0 saturated carbocycles. The van der Waals surface area contributed by atoms with Crippen LogP contribution >= 0.6 is 0 Å². The maximum absolute atomic E-state index is 10.0. The molecular formula is C16H24O7. The Kier molecular flexibility index (Phi) is 5.49. The van der Waals surface area contributed by atoms with Crippen LogP contribution in [0.5, 0.6) is 11.5 Å². The summed E-state index contributed by atoms with van der Waals surface area (Å²) in [5, 5.41) is 48.7. The van der Waals surface area contributed by atoms with Gasteiger partial charge in [0.05, 0.1) is 6.61 Å². The number of aromatic hydroxyl groups is 1. The summed E-state index contributed by atoms with van der Waals surface area (Å²) in [6, 6.07) is 3.20. The molecule has 23 heavy (non-hydrogen) atoms. The highest BCUT2D eigenvalue weighted by atomic mass is 16.7. The Morgan fingerprint density at radius 3 is 2.35 bits per heavy atom. The number of benzene rings is 1. The molecule has 1 saturated heterocycles. The first kappa shape index (κ1) is 18.0. The molecule has 0 amide bonds. The van der Waals surface area contributed by atoms with Crippen molar-refractivity contribution in [3.05, 3.63) is 23.3 Å². The number of ether oxygens (including phenoxy) is 2. The molecule has 0 aliphatic carbocycles. The van der Waals surface area contributed by atoms with Crippen LogP contribution in [0.15, 0.2) is 12.1 Å². The highest BCUT2D eigenvalue weighted by molar-refractivity contribution is 5.46. The molecule has 1 aromatic rings. The number of rotatable bonds is 4. The third-order valence-corrected chi connectivity index (χ3v) is 4.04. The van der Waals surface area contributed by atoms with E-state index in [1.807, 2.05) is 13.8 Å². The van der Waals surface area contributed by atoms with Crippen LogP contribution in [0.3, 0.4) is 0 Å². The van der Waals surface area contributed by atoms with Crippen molar-refractivity contribution < 1.29 is 35.0 Å². The maximum Gasteiger partial charge on any atom is 0.229 e. The molecule has 5 atom stereocenters. The van der Waals surface area contributed by atoms with Gasteiger partial charge in [-0.05, 0) is 30.5 Å². The van der Waals surface area contributed by atoms with E-state index in [1.165, 1.54) is 0 Å². The molecular weight excluding hydrogens is 304 g/mol. The van der Waals surface area contributed by atoms with Gasteiger partial charge < -0.3 is 35.0 Å². The van der Waals surface area contributed by atoms with Gasteiger partial charge in [0, 0.05) is 5.56 Å². The normalized spacial score (nSPS) is 31.4. The summed E-state index contributed by atoms with van der Waals surface area (Å²) in [6.45, 7) is 5.05. The molecule has 0 radical (unpaired) electrons. The third-order valence-electron chi connectivity index (χ3n) is 4.04. The number of hydrogen-bond acceptors (Lipinski definition) is 7. The van der Waals surface area contributed by atoms with Crippen molar-refractivity contribution in [1.82, 2.24) is 0 Å². The summed E-state index contributed by atoms with van der Waals surface area (Å²) in [5.41, 5.74) is 1.30. The quantitative estimate of drug-likeness (QED) is 0.528. The number of aliphatic hydroxyl groups is 4. The molecule has 2 rings (SSSR count). The molecule has 7 heteroatoms. The second kappa shape index (κ2) is 7.02. The van der Waals surface area contributed by atoms with Crippen molar-refractivity contribution in [2.45, 2.75) is 57.4 Å². The minimum atomic E-state index is -1.49. The van der Waals surface area contributed by atoms with Crippen LogP contribution in [-0.4, -0.2) is 62.8 Å². The van der Waals surface area contributed by atoms with Crippen molar-refractivity contribution in [3.63, 3.8) is 0 Å². The van der Waals surface area contributed by atoms with Gasteiger partial charge in [0.1, 0.15) is 35.9 Å². The van der Waals surface area contributed by atoms with Crippen LogP contribution in [0.2, 0.25) is 0 Å². The van der Waals surface area contributed by atoms with Crippen LogP contribution in [-0.2, 0) is 4.74 Å². The topological polar surface area (TPSA) is 120 Å². The summed E-state index contributed by atoms with van der Waals surface area (Å²) < 4.78 is 11.0. The molecule has 0 bridgehead atoms. The highest BCUT2D eigenvalue weighted by Gasteiger charge is 2.44. The van der Waals surface area contributed by atoms with Crippen molar-refractivity contribution in [2.75, 3.05) is 6.61 Å². The largest absolute Gasteiger partial charge is 0.508 e. The molecule has 0 spiro atoms. The number of aryl methyl sites for hydroxylation is 1. The van der Waals surface area contributed by atoms with Gasteiger partial charge in [0.25, 0.3) is 0 Å². The van der Waals surface area contributed by atoms with Crippen molar-refractivity contribution >= 4 is 0 Å². The second-order valence-corrected chi connectivity index (χ2v) is 6.15. The lowest BCUT2D eigenvalue weighted by Gasteiger charge is -2.39. The van der Waals surface area contributed by atoms with E-state index in [9.17, 15) is 25.5 Å². The van der Waals surface area contributed by atoms with Crippen LogP contribution in [0, 0.1) is 6.92 Å². The van der Waals surface area contributed by atoms with Gasteiger partial charge in [-0.25, -0.2) is 0 Å². The fraction of sp³-hybridized carbons (Fsp3) is 0.625. The molecule has 7 nitrogen and oxygen atoms in total. The smallest absolute Gasteiger partial charge is 0.229 e. The number of phenols is 1. The van der Waals surface area contributed by atoms with E-state index in [0.717, 1.165) is 0 Å². The first-order valence-corrected chi connectivity index (χ1v) is 7.57. The minimum absolute atomic E-state index is 0.0627. The lowest BCUT2D eigenvalue weighted by Crippen LogP contribution is -2.60. The van der Waals surface area contributed by atoms with Gasteiger partial charge in [-0.3, -0.25) is 0 Å². The van der Waals surface area contributed by atoms with Gasteiger partial charge in [-0.2, -0.15) is 0 Å². The van der Waals surface area contributed by atoms with Gasteiger partial charge in [0.15, 0.2) is 0 Å². The van der Waals surface area contributed by atoms with Crippen LogP contribution in [0.4, 0.5) is 0 Å². The molecule has 1 fully saturated rings. The van der Waals surface area contributed by atoms with Gasteiger partial charge in [-0.15, -0.1) is 0 Å². The standard InChI is InChI=1S/C16H24O7/c1-7(2)9-5-11(8(3)4-10(9)18)22-16-15(21)14(20)13(19)12(6-17)23-16/h4-5,7,12-21H,6H2,1-3H3. The SMILES string of the molecule is Cc1cc(O)c(C(C)C)cc1OC1OC(CO)C(O)C(O)C1O. The van der Waals surface area contributed by atoms with Crippen molar-refractivity contribution in [2.24, 2.45) is 0 Å². The molecule has 0 aromatic heterocycles. The molecule has 130 valence electrons. The Morgan fingerprint density at radius 2 is 1.78 bits per heavy atom. The predicted molar refractivity (Wildman–Crippen MR) is 81.3 cm³/mol. The molecule has 5 unspecified atom stereocenters. The number of hydrogen-bond donors (Lipinski definition) is 5. The number of phenolic OH excluding ortho intramolecular Hbond substituents is 1. The summed E-state index contributed by atoms with van der Waals surface area (Å²) in [7, 11) is 0. The van der Waals surface area contributed by atoms with Gasteiger partial charge in [-0.1, -0.05) is 13.8 Å². The fourth-order valence-corrected chi connectivity index (χ4v) is 2.57. The zero-order valence-corrected chi connectivity index (χ0v) is 13.4. The monoisotopic (exact) mass is 328 g/mol. The molecule has 5 N–H and O–H groups in total. The summed E-state index contributed by atoms with van der Waals surface area (Å²) in [5.74, 6) is 0.599. The predicted octanol–water partition coefficient (Wildman–Crippen LogP) is 0.00272. The first-order valence-electron chi connectivity index (χ1n) is 7.57. The van der Waals surface area contributed by atoms with E-state index in [1.54, 1.807) is 19.1 Å². The molecule has 1 heterocycles. The molecule has 1 aliphatic heterocycles. The van der Waals surface area contributed by atoms with Crippen LogP contribution in [0.1, 0.15) is 30.9 Å². The van der Waals surface area contributed by atoms with E-state index in [2.05, 4.69) is 0 Å². The Bertz CT molecular complexity index is 543. The lowest BCUT2D eigenvalue weighted by molar-refractivity contribution is -0.277. The summed E-state index contributed by atoms with van der Waals surface area (Å²) >= 11 is 0. The zero-order chi connectivity index (χ0) is 17.3.